The Hall–Kier alpha value is -1.34. The Morgan fingerprint density at radius 2 is 2.06 bits per heavy atom. The van der Waals surface area contributed by atoms with Gasteiger partial charge in [0.1, 0.15) is 11.9 Å². The minimum Gasteiger partial charge on any atom is -0.368 e. The first-order valence-electron chi connectivity index (χ1n) is 4.75. The molecule has 3 N–H and O–H groups in total. The van der Waals surface area contributed by atoms with Gasteiger partial charge in [0.05, 0.1) is 11.6 Å². The summed E-state index contributed by atoms with van der Waals surface area (Å²) in [4.78, 5) is 11.1. The molecule has 0 aliphatic carbocycles. The highest BCUT2D eigenvalue weighted by Gasteiger charge is 2.30. The van der Waals surface area contributed by atoms with Crippen molar-refractivity contribution in [2.24, 2.45) is 5.73 Å². The predicted octanol–water partition coefficient (Wildman–Crippen LogP) is 2.16. The number of alkyl halides is 3. The molecule has 1 amide bonds. The van der Waals surface area contributed by atoms with E-state index >= 15 is 0 Å². The van der Waals surface area contributed by atoms with E-state index in [2.05, 4.69) is 0 Å². The number of amides is 1. The molecule has 0 heterocycles. The first-order chi connectivity index (χ1) is 8.20. The third kappa shape index (κ3) is 4.15. The molecule has 100 valence electrons. The predicted molar refractivity (Wildman–Crippen MR) is 57.4 cm³/mol. The molecule has 0 saturated carbocycles. The van der Waals surface area contributed by atoms with Gasteiger partial charge in [-0.2, -0.15) is 13.2 Å². The Morgan fingerprint density at radius 3 is 2.50 bits per heavy atom. The maximum Gasteiger partial charge on any atom is 0.401 e. The quantitative estimate of drug-likeness (QED) is 0.833. The van der Waals surface area contributed by atoms with E-state index < -0.39 is 30.5 Å². The van der Waals surface area contributed by atoms with Crippen molar-refractivity contribution in [1.82, 2.24) is 5.32 Å². The van der Waals surface area contributed by atoms with Crippen LogP contribution in [0.4, 0.5) is 17.6 Å². The first kappa shape index (κ1) is 14.7. The summed E-state index contributed by atoms with van der Waals surface area (Å²) in [6.07, 6.45) is -4.49. The van der Waals surface area contributed by atoms with Crippen LogP contribution in [0, 0.1) is 5.82 Å². The van der Waals surface area contributed by atoms with Gasteiger partial charge in [-0.25, -0.2) is 4.39 Å². The first-order valence-corrected chi connectivity index (χ1v) is 5.13. The lowest BCUT2D eigenvalue weighted by molar-refractivity contribution is -0.130. The van der Waals surface area contributed by atoms with Crippen molar-refractivity contribution in [2.75, 3.05) is 6.54 Å². The van der Waals surface area contributed by atoms with Crippen LogP contribution >= 0.6 is 11.6 Å². The van der Waals surface area contributed by atoms with Crippen LogP contribution in [0.3, 0.4) is 0 Å². The number of carbonyl (C=O) groups excluding carboxylic acids is 1. The van der Waals surface area contributed by atoms with E-state index in [1.807, 2.05) is 5.32 Å². The number of benzene rings is 1. The number of halogens is 5. The van der Waals surface area contributed by atoms with Gasteiger partial charge >= 0.3 is 6.18 Å². The van der Waals surface area contributed by atoms with Crippen molar-refractivity contribution in [2.45, 2.75) is 12.2 Å². The summed E-state index contributed by atoms with van der Waals surface area (Å²) >= 11 is 5.48. The normalized spacial score (nSPS) is 13.4. The number of nitrogens with two attached hydrogens (primary N) is 1. The van der Waals surface area contributed by atoms with Crippen LogP contribution in [0.15, 0.2) is 18.2 Å². The second kappa shape index (κ2) is 5.53. The molecule has 1 rings (SSSR count). The zero-order chi connectivity index (χ0) is 13.9. The van der Waals surface area contributed by atoms with Crippen molar-refractivity contribution in [3.8, 4) is 0 Å². The number of nitrogens with one attached hydrogen (secondary N) is 1. The summed E-state index contributed by atoms with van der Waals surface area (Å²) < 4.78 is 49.0. The molecule has 0 saturated heterocycles. The van der Waals surface area contributed by atoms with Crippen molar-refractivity contribution in [3.63, 3.8) is 0 Å². The average molecular weight is 285 g/mol. The average Bonchev–Trinajstić information content (AvgIpc) is 2.21. The summed E-state index contributed by atoms with van der Waals surface area (Å²) in [5.41, 5.74) is 5.05. The molecule has 3 nitrogen and oxygen atoms in total. The summed E-state index contributed by atoms with van der Waals surface area (Å²) in [5.74, 6) is -1.75. The SMILES string of the molecule is NC(=O)C(NCC(F)(F)F)c1ccc(F)c(Cl)c1. The molecule has 0 radical (unpaired) electrons. The highest BCUT2D eigenvalue weighted by Crippen LogP contribution is 2.22. The molecule has 0 aliphatic heterocycles. The van der Waals surface area contributed by atoms with Gasteiger partial charge in [0.2, 0.25) is 5.91 Å². The van der Waals surface area contributed by atoms with Gasteiger partial charge in [-0.1, -0.05) is 17.7 Å². The van der Waals surface area contributed by atoms with Crippen molar-refractivity contribution >= 4 is 17.5 Å². The van der Waals surface area contributed by atoms with Crippen LogP contribution in [0.25, 0.3) is 0 Å². The fourth-order valence-electron chi connectivity index (χ4n) is 1.29. The lowest BCUT2D eigenvalue weighted by Gasteiger charge is -2.17. The number of hydrogen-bond donors (Lipinski definition) is 2. The zero-order valence-corrected chi connectivity index (χ0v) is 9.65. The van der Waals surface area contributed by atoms with Crippen LogP contribution in [0.1, 0.15) is 11.6 Å². The van der Waals surface area contributed by atoms with E-state index in [-0.39, 0.29) is 10.6 Å². The van der Waals surface area contributed by atoms with Crippen LogP contribution in [0.5, 0.6) is 0 Å². The lowest BCUT2D eigenvalue weighted by Crippen LogP contribution is -2.39. The fourth-order valence-corrected chi connectivity index (χ4v) is 1.48. The molecular weight excluding hydrogens is 276 g/mol. The third-order valence-corrected chi connectivity index (χ3v) is 2.36. The van der Waals surface area contributed by atoms with E-state index in [4.69, 9.17) is 17.3 Å². The zero-order valence-electron chi connectivity index (χ0n) is 8.89. The number of primary amides is 1. The van der Waals surface area contributed by atoms with Gasteiger partial charge in [0.15, 0.2) is 0 Å². The van der Waals surface area contributed by atoms with Crippen molar-refractivity contribution in [1.29, 1.82) is 0 Å². The topological polar surface area (TPSA) is 55.1 Å². The Morgan fingerprint density at radius 1 is 1.44 bits per heavy atom. The maximum atomic E-state index is 12.9. The Balaban J connectivity index is 2.91. The molecule has 0 spiro atoms. The molecule has 0 aliphatic rings. The highest BCUT2D eigenvalue weighted by molar-refractivity contribution is 6.30. The molecular formula is C10H9ClF4N2O. The molecule has 0 aromatic heterocycles. The van der Waals surface area contributed by atoms with E-state index in [0.717, 1.165) is 18.2 Å². The Labute approximate surface area is 105 Å². The van der Waals surface area contributed by atoms with Crippen molar-refractivity contribution in [3.05, 3.63) is 34.6 Å². The van der Waals surface area contributed by atoms with E-state index in [1.54, 1.807) is 0 Å². The molecule has 8 heteroatoms. The van der Waals surface area contributed by atoms with Gasteiger partial charge in [0, 0.05) is 0 Å². The Kier molecular flexibility index (Phi) is 4.53. The minimum atomic E-state index is -4.49. The Bertz CT molecular complexity index is 450. The van der Waals surface area contributed by atoms with Crippen LogP contribution < -0.4 is 11.1 Å². The molecule has 1 atom stereocenters. The molecule has 1 aromatic carbocycles. The monoisotopic (exact) mass is 284 g/mol. The van der Waals surface area contributed by atoms with Gasteiger partial charge < -0.3 is 5.73 Å². The summed E-state index contributed by atoms with van der Waals surface area (Å²) in [6, 6.07) is 1.75. The maximum absolute atomic E-state index is 12.9. The largest absolute Gasteiger partial charge is 0.401 e. The van der Waals surface area contributed by atoms with Crippen LogP contribution in [-0.4, -0.2) is 18.6 Å². The molecule has 18 heavy (non-hydrogen) atoms. The third-order valence-electron chi connectivity index (χ3n) is 2.07. The summed E-state index contributed by atoms with van der Waals surface area (Å²) in [6.45, 7) is -1.39. The smallest absolute Gasteiger partial charge is 0.368 e. The lowest BCUT2D eigenvalue weighted by atomic mass is 10.1. The van der Waals surface area contributed by atoms with Crippen LogP contribution in [-0.2, 0) is 4.79 Å². The minimum absolute atomic E-state index is 0.0677. The molecule has 0 bridgehead atoms. The summed E-state index contributed by atoms with van der Waals surface area (Å²) in [7, 11) is 0. The standard InChI is InChI=1S/C10H9ClF4N2O/c11-6-3-5(1-2-7(6)12)8(9(16)18)17-4-10(13,14)15/h1-3,8,17H,4H2,(H2,16,18). The second-order valence-electron chi connectivity index (χ2n) is 3.51. The van der Waals surface area contributed by atoms with Gasteiger partial charge in [-0.3, -0.25) is 10.1 Å². The van der Waals surface area contributed by atoms with Crippen LogP contribution in [0.2, 0.25) is 5.02 Å². The van der Waals surface area contributed by atoms with Gasteiger partial charge in [-0.05, 0) is 17.7 Å². The molecule has 0 fully saturated rings. The van der Waals surface area contributed by atoms with E-state index in [1.165, 1.54) is 0 Å². The number of rotatable bonds is 4. The summed E-state index contributed by atoms with van der Waals surface area (Å²) in [5, 5.41) is 1.64. The van der Waals surface area contributed by atoms with E-state index in [0.29, 0.717) is 0 Å². The fraction of sp³-hybridized carbons (Fsp3) is 0.300. The molecule has 1 unspecified atom stereocenters. The van der Waals surface area contributed by atoms with Crippen molar-refractivity contribution < 1.29 is 22.4 Å². The highest BCUT2D eigenvalue weighted by atomic mass is 35.5. The van der Waals surface area contributed by atoms with E-state index in [9.17, 15) is 22.4 Å². The van der Waals surface area contributed by atoms with Gasteiger partial charge in [-0.15, -0.1) is 0 Å². The molecule has 1 aromatic rings. The number of carbonyl (C=O) groups is 1. The second-order valence-corrected chi connectivity index (χ2v) is 3.91. The number of hydrogen-bond acceptors (Lipinski definition) is 2. The van der Waals surface area contributed by atoms with Gasteiger partial charge in [0.25, 0.3) is 0 Å².